The summed E-state index contributed by atoms with van der Waals surface area (Å²) in [6.45, 7) is 2.86. The summed E-state index contributed by atoms with van der Waals surface area (Å²) < 4.78 is 5.14. The summed E-state index contributed by atoms with van der Waals surface area (Å²) >= 11 is 0. The van der Waals surface area contributed by atoms with E-state index in [1.165, 1.54) is 33.3 Å². The third-order valence-corrected chi connectivity index (χ3v) is 3.78. The molecular weight excluding hydrogens is 246 g/mol. The molecular formula is C18H19NO. The van der Waals surface area contributed by atoms with Crippen LogP contribution in [0.1, 0.15) is 22.4 Å². The third kappa shape index (κ3) is 2.47. The second-order valence-electron chi connectivity index (χ2n) is 5.20. The van der Waals surface area contributed by atoms with Gasteiger partial charge in [0.05, 0.1) is 6.61 Å². The number of benzene rings is 2. The maximum absolute atomic E-state index is 5.14. The molecule has 0 amide bonds. The molecule has 0 bridgehead atoms. The number of hydrogen-bond donors (Lipinski definition) is 1. The fourth-order valence-electron chi connectivity index (χ4n) is 2.64. The normalized spacial score (nSPS) is 11.1. The molecule has 0 aliphatic rings. The van der Waals surface area contributed by atoms with Crippen LogP contribution in [0.5, 0.6) is 0 Å². The van der Waals surface area contributed by atoms with Crippen molar-refractivity contribution in [2.24, 2.45) is 0 Å². The van der Waals surface area contributed by atoms with E-state index in [-0.39, 0.29) is 0 Å². The Morgan fingerprint density at radius 1 is 0.950 bits per heavy atom. The number of aromatic nitrogens is 1. The summed E-state index contributed by atoms with van der Waals surface area (Å²) in [7, 11) is 1.72. The van der Waals surface area contributed by atoms with E-state index in [9.17, 15) is 0 Å². The van der Waals surface area contributed by atoms with Crippen LogP contribution < -0.4 is 0 Å². The van der Waals surface area contributed by atoms with Gasteiger partial charge in [-0.3, -0.25) is 0 Å². The molecule has 1 N–H and O–H groups in total. The zero-order valence-electron chi connectivity index (χ0n) is 11.9. The number of para-hydroxylation sites is 1. The van der Waals surface area contributed by atoms with E-state index < -0.39 is 0 Å². The smallest absolute Gasteiger partial charge is 0.0713 e. The molecule has 1 aromatic heterocycles. The molecule has 0 atom stereocenters. The number of methoxy groups -OCH3 is 1. The predicted molar refractivity (Wildman–Crippen MR) is 83.0 cm³/mol. The first kappa shape index (κ1) is 12.9. The summed E-state index contributed by atoms with van der Waals surface area (Å²) in [5.41, 5.74) is 6.40. The van der Waals surface area contributed by atoms with E-state index >= 15 is 0 Å². The molecule has 2 aromatic carbocycles. The maximum atomic E-state index is 5.14. The van der Waals surface area contributed by atoms with E-state index in [4.69, 9.17) is 4.74 Å². The number of aryl methyl sites for hydroxylation is 1. The van der Waals surface area contributed by atoms with Gasteiger partial charge < -0.3 is 9.72 Å². The number of fused-ring (bicyclic) bond motifs is 1. The van der Waals surface area contributed by atoms with Gasteiger partial charge in [-0.1, -0.05) is 42.5 Å². The second kappa shape index (κ2) is 5.51. The van der Waals surface area contributed by atoms with E-state index in [0.29, 0.717) is 6.61 Å². The molecule has 102 valence electrons. The van der Waals surface area contributed by atoms with Gasteiger partial charge in [0.15, 0.2) is 0 Å². The van der Waals surface area contributed by atoms with Crippen LogP contribution in [0.4, 0.5) is 0 Å². The van der Waals surface area contributed by atoms with Crippen LogP contribution in [0, 0.1) is 6.92 Å². The average Bonchev–Trinajstić information content (AvgIpc) is 2.79. The van der Waals surface area contributed by atoms with Crippen molar-refractivity contribution >= 4 is 10.9 Å². The highest BCUT2D eigenvalue weighted by Gasteiger charge is 2.07. The van der Waals surface area contributed by atoms with E-state index in [0.717, 1.165) is 6.42 Å². The summed E-state index contributed by atoms with van der Waals surface area (Å²) in [6.07, 6.45) is 0.938. The standard InChI is InChI=1S/C18H19NO/c1-13-16-5-3-4-6-17(16)19-18(13)11-14-7-9-15(10-8-14)12-20-2/h3-10,19H,11-12H2,1-2H3. The van der Waals surface area contributed by atoms with E-state index in [1.54, 1.807) is 7.11 Å². The van der Waals surface area contributed by atoms with Crippen LogP contribution in [0.3, 0.4) is 0 Å². The second-order valence-corrected chi connectivity index (χ2v) is 5.20. The van der Waals surface area contributed by atoms with Crippen molar-refractivity contribution in [1.82, 2.24) is 4.98 Å². The Morgan fingerprint density at radius 2 is 1.65 bits per heavy atom. The molecule has 0 spiro atoms. The zero-order valence-corrected chi connectivity index (χ0v) is 11.9. The van der Waals surface area contributed by atoms with Crippen molar-refractivity contribution in [3.8, 4) is 0 Å². The number of hydrogen-bond acceptors (Lipinski definition) is 1. The maximum Gasteiger partial charge on any atom is 0.0713 e. The monoisotopic (exact) mass is 265 g/mol. The van der Waals surface area contributed by atoms with Gasteiger partial charge in [-0.25, -0.2) is 0 Å². The summed E-state index contributed by atoms with van der Waals surface area (Å²) in [6, 6.07) is 17.1. The Balaban J connectivity index is 1.87. The van der Waals surface area contributed by atoms with Crippen LogP contribution in [-0.4, -0.2) is 12.1 Å². The van der Waals surface area contributed by atoms with Crippen molar-refractivity contribution in [2.45, 2.75) is 20.0 Å². The van der Waals surface area contributed by atoms with E-state index in [2.05, 4.69) is 60.4 Å². The van der Waals surface area contributed by atoms with Gasteiger partial charge in [0.25, 0.3) is 0 Å². The quantitative estimate of drug-likeness (QED) is 0.751. The summed E-state index contributed by atoms with van der Waals surface area (Å²) in [4.78, 5) is 3.53. The number of rotatable bonds is 4. The summed E-state index contributed by atoms with van der Waals surface area (Å²) in [5, 5.41) is 1.32. The van der Waals surface area contributed by atoms with Gasteiger partial charge in [-0.05, 0) is 29.7 Å². The molecule has 0 saturated heterocycles. The van der Waals surface area contributed by atoms with E-state index in [1.807, 2.05) is 0 Å². The SMILES string of the molecule is COCc1ccc(Cc2[nH]c3ccccc3c2C)cc1. The lowest BCUT2D eigenvalue weighted by molar-refractivity contribution is 0.185. The van der Waals surface area contributed by atoms with Gasteiger partial charge in [0, 0.05) is 30.1 Å². The highest BCUT2D eigenvalue weighted by Crippen LogP contribution is 2.23. The van der Waals surface area contributed by atoms with Crippen molar-refractivity contribution in [3.05, 3.63) is 70.9 Å². The fourth-order valence-corrected chi connectivity index (χ4v) is 2.64. The molecule has 0 unspecified atom stereocenters. The molecule has 3 rings (SSSR count). The zero-order chi connectivity index (χ0) is 13.9. The Labute approximate surface area is 119 Å². The van der Waals surface area contributed by atoms with Crippen LogP contribution in [0.15, 0.2) is 48.5 Å². The van der Waals surface area contributed by atoms with Gasteiger partial charge >= 0.3 is 0 Å². The Hall–Kier alpha value is -2.06. The first-order valence-electron chi connectivity index (χ1n) is 6.91. The van der Waals surface area contributed by atoms with Gasteiger partial charge in [-0.15, -0.1) is 0 Å². The molecule has 0 radical (unpaired) electrons. The molecule has 2 heteroatoms. The van der Waals surface area contributed by atoms with Gasteiger partial charge in [-0.2, -0.15) is 0 Å². The lowest BCUT2D eigenvalue weighted by Gasteiger charge is -2.04. The fraction of sp³-hybridized carbons (Fsp3) is 0.222. The molecule has 0 aliphatic carbocycles. The van der Waals surface area contributed by atoms with Crippen LogP contribution >= 0.6 is 0 Å². The largest absolute Gasteiger partial charge is 0.380 e. The van der Waals surface area contributed by atoms with Crippen molar-refractivity contribution in [3.63, 3.8) is 0 Å². The minimum atomic E-state index is 0.672. The Morgan fingerprint density at radius 3 is 2.35 bits per heavy atom. The van der Waals surface area contributed by atoms with Crippen LogP contribution in [0.25, 0.3) is 10.9 Å². The average molecular weight is 265 g/mol. The third-order valence-electron chi connectivity index (χ3n) is 3.78. The van der Waals surface area contributed by atoms with Crippen LogP contribution in [-0.2, 0) is 17.8 Å². The molecule has 20 heavy (non-hydrogen) atoms. The number of aromatic amines is 1. The first-order valence-corrected chi connectivity index (χ1v) is 6.91. The molecule has 3 aromatic rings. The minimum absolute atomic E-state index is 0.672. The highest BCUT2D eigenvalue weighted by molar-refractivity contribution is 5.84. The first-order chi connectivity index (χ1) is 9.78. The van der Waals surface area contributed by atoms with Gasteiger partial charge in [0.2, 0.25) is 0 Å². The Bertz CT molecular complexity index is 710. The lowest BCUT2D eigenvalue weighted by Crippen LogP contribution is -1.92. The molecule has 1 heterocycles. The predicted octanol–water partition coefficient (Wildman–Crippen LogP) is 4.21. The minimum Gasteiger partial charge on any atom is -0.380 e. The molecule has 0 saturated carbocycles. The number of ether oxygens (including phenoxy) is 1. The van der Waals surface area contributed by atoms with Crippen molar-refractivity contribution in [2.75, 3.05) is 7.11 Å². The Kier molecular flexibility index (Phi) is 3.57. The molecule has 0 aliphatic heterocycles. The van der Waals surface area contributed by atoms with Crippen molar-refractivity contribution in [1.29, 1.82) is 0 Å². The number of H-pyrrole nitrogens is 1. The van der Waals surface area contributed by atoms with Gasteiger partial charge in [0.1, 0.15) is 0 Å². The van der Waals surface area contributed by atoms with Crippen molar-refractivity contribution < 1.29 is 4.74 Å². The van der Waals surface area contributed by atoms with Crippen LogP contribution in [0.2, 0.25) is 0 Å². The molecule has 2 nitrogen and oxygen atoms in total. The molecule has 0 fully saturated rings. The number of nitrogens with one attached hydrogen (secondary N) is 1. The topological polar surface area (TPSA) is 25.0 Å². The lowest BCUT2D eigenvalue weighted by atomic mass is 10.0. The summed E-state index contributed by atoms with van der Waals surface area (Å²) in [5.74, 6) is 0. The highest BCUT2D eigenvalue weighted by atomic mass is 16.5.